The Balaban J connectivity index is 2.17. The molecule has 17 heavy (non-hydrogen) atoms. The van der Waals surface area contributed by atoms with Crippen LogP contribution >= 0.6 is 0 Å². The van der Waals surface area contributed by atoms with Gasteiger partial charge in [0, 0.05) is 18.8 Å². The molecular weight excluding hydrogens is 229 g/mol. The third-order valence-corrected chi connectivity index (χ3v) is 3.16. The number of alkyl halides is 3. The van der Waals surface area contributed by atoms with Crippen molar-refractivity contribution in [3.05, 3.63) is 29.8 Å². The minimum Gasteiger partial charge on any atom is -0.371 e. The maximum absolute atomic E-state index is 12.6. The van der Waals surface area contributed by atoms with Gasteiger partial charge < -0.3 is 10.6 Å². The summed E-state index contributed by atoms with van der Waals surface area (Å²) < 4.78 is 37.7. The molecule has 5 heteroatoms. The molecule has 1 aromatic rings. The summed E-state index contributed by atoms with van der Waals surface area (Å²) in [6.45, 7) is 2.12. The first-order valence-electron chi connectivity index (χ1n) is 5.63. The first-order chi connectivity index (χ1) is 8.00. The van der Waals surface area contributed by atoms with Gasteiger partial charge in [-0.25, -0.2) is 0 Å². The molecule has 94 valence electrons. The molecule has 1 aromatic carbocycles. The number of nitrogens with two attached hydrogens (primary N) is 1. The summed E-state index contributed by atoms with van der Waals surface area (Å²) in [5, 5.41) is 0. The first-order valence-corrected chi connectivity index (χ1v) is 5.63. The fourth-order valence-corrected chi connectivity index (χ4v) is 2.14. The summed E-state index contributed by atoms with van der Waals surface area (Å²) in [6, 6.07) is 5.47. The highest BCUT2D eigenvalue weighted by atomic mass is 19.4. The van der Waals surface area contributed by atoms with Crippen LogP contribution in [-0.2, 0) is 6.18 Å². The van der Waals surface area contributed by atoms with Crippen LogP contribution in [0.25, 0.3) is 0 Å². The molecule has 0 aliphatic carbocycles. The van der Waals surface area contributed by atoms with Gasteiger partial charge in [-0.1, -0.05) is 6.07 Å². The van der Waals surface area contributed by atoms with E-state index in [0.717, 1.165) is 25.6 Å². The molecule has 0 spiro atoms. The lowest BCUT2D eigenvalue weighted by atomic mass is 10.1. The SMILES string of the molecule is NCC1CCN(c2cccc(C(F)(F)F)c2)C1. The van der Waals surface area contributed by atoms with Gasteiger partial charge in [0.15, 0.2) is 0 Å². The number of rotatable bonds is 2. The third kappa shape index (κ3) is 2.72. The van der Waals surface area contributed by atoms with Crippen LogP contribution < -0.4 is 10.6 Å². The largest absolute Gasteiger partial charge is 0.416 e. The van der Waals surface area contributed by atoms with Crippen molar-refractivity contribution in [3.8, 4) is 0 Å². The predicted octanol–water partition coefficient (Wildman–Crippen LogP) is 2.49. The molecule has 2 rings (SSSR count). The van der Waals surface area contributed by atoms with Crippen molar-refractivity contribution in [2.75, 3.05) is 24.5 Å². The molecule has 1 aliphatic rings. The zero-order valence-corrected chi connectivity index (χ0v) is 9.37. The van der Waals surface area contributed by atoms with Crippen molar-refractivity contribution < 1.29 is 13.2 Å². The van der Waals surface area contributed by atoms with Gasteiger partial charge in [0.2, 0.25) is 0 Å². The van der Waals surface area contributed by atoms with Gasteiger partial charge in [-0.15, -0.1) is 0 Å². The fourth-order valence-electron chi connectivity index (χ4n) is 2.14. The van der Waals surface area contributed by atoms with Gasteiger partial charge in [0.25, 0.3) is 0 Å². The molecule has 1 heterocycles. The van der Waals surface area contributed by atoms with Crippen LogP contribution in [0.5, 0.6) is 0 Å². The summed E-state index contributed by atoms with van der Waals surface area (Å²) in [5.74, 6) is 0.393. The number of hydrogen-bond donors (Lipinski definition) is 1. The van der Waals surface area contributed by atoms with E-state index in [2.05, 4.69) is 0 Å². The van der Waals surface area contributed by atoms with Crippen LogP contribution in [-0.4, -0.2) is 19.6 Å². The molecule has 0 radical (unpaired) electrons. The minimum absolute atomic E-state index is 0.393. The van der Waals surface area contributed by atoms with Gasteiger partial charge in [-0.05, 0) is 37.1 Å². The first kappa shape index (κ1) is 12.2. The molecule has 0 amide bonds. The predicted molar refractivity (Wildman–Crippen MR) is 60.8 cm³/mol. The second-order valence-electron chi connectivity index (χ2n) is 4.38. The number of nitrogens with zero attached hydrogens (tertiary/aromatic N) is 1. The average molecular weight is 244 g/mol. The zero-order valence-electron chi connectivity index (χ0n) is 9.37. The number of anilines is 1. The molecule has 2 nitrogen and oxygen atoms in total. The lowest BCUT2D eigenvalue weighted by Crippen LogP contribution is -2.22. The van der Waals surface area contributed by atoms with E-state index in [0.29, 0.717) is 18.2 Å². The lowest BCUT2D eigenvalue weighted by Gasteiger charge is -2.19. The maximum atomic E-state index is 12.6. The van der Waals surface area contributed by atoms with Gasteiger partial charge >= 0.3 is 6.18 Å². The molecule has 2 N–H and O–H groups in total. The van der Waals surface area contributed by atoms with E-state index < -0.39 is 11.7 Å². The van der Waals surface area contributed by atoms with Crippen molar-refractivity contribution in [2.24, 2.45) is 11.7 Å². The third-order valence-electron chi connectivity index (χ3n) is 3.16. The van der Waals surface area contributed by atoms with Crippen LogP contribution in [0.3, 0.4) is 0 Å². The Morgan fingerprint density at radius 2 is 2.12 bits per heavy atom. The summed E-state index contributed by atoms with van der Waals surface area (Å²) in [6.07, 6.45) is -3.32. The molecule has 1 aliphatic heterocycles. The summed E-state index contributed by atoms with van der Waals surface area (Å²) in [7, 11) is 0. The van der Waals surface area contributed by atoms with Crippen LogP contribution in [0.4, 0.5) is 18.9 Å². The maximum Gasteiger partial charge on any atom is 0.416 e. The summed E-state index contributed by atoms with van der Waals surface area (Å²) in [4.78, 5) is 1.97. The quantitative estimate of drug-likeness (QED) is 0.866. The van der Waals surface area contributed by atoms with Crippen LogP contribution in [0.1, 0.15) is 12.0 Å². The number of halogens is 3. The van der Waals surface area contributed by atoms with Crippen LogP contribution in [0.2, 0.25) is 0 Å². The van der Waals surface area contributed by atoms with Crippen molar-refractivity contribution in [1.82, 2.24) is 0 Å². The van der Waals surface area contributed by atoms with Crippen molar-refractivity contribution in [1.29, 1.82) is 0 Å². The van der Waals surface area contributed by atoms with E-state index in [1.54, 1.807) is 6.07 Å². The summed E-state index contributed by atoms with van der Waals surface area (Å²) in [5.41, 5.74) is 5.61. The summed E-state index contributed by atoms with van der Waals surface area (Å²) >= 11 is 0. The standard InChI is InChI=1S/C12H15F3N2/c13-12(14,15)10-2-1-3-11(6-10)17-5-4-9(7-16)8-17/h1-3,6,9H,4-5,7-8,16H2. The Hall–Kier alpha value is -1.23. The molecule has 1 unspecified atom stereocenters. The van der Waals surface area contributed by atoms with Gasteiger partial charge in [-0.3, -0.25) is 0 Å². The van der Waals surface area contributed by atoms with Crippen molar-refractivity contribution in [3.63, 3.8) is 0 Å². The second kappa shape index (κ2) is 4.56. The van der Waals surface area contributed by atoms with E-state index in [1.807, 2.05) is 4.90 Å². The monoisotopic (exact) mass is 244 g/mol. The Kier molecular flexibility index (Phi) is 3.28. The molecule has 1 atom stereocenters. The van der Waals surface area contributed by atoms with Crippen LogP contribution in [0, 0.1) is 5.92 Å². The van der Waals surface area contributed by atoms with Gasteiger partial charge in [0.05, 0.1) is 5.56 Å². The highest BCUT2D eigenvalue weighted by molar-refractivity contribution is 5.50. The smallest absolute Gasteiger partial charge is 0.371 e. The van der Waals surface area contributed by atoms with E-state index >= 15 is 0 Å². The van der Waals surface area contributed by atoms with E-state index in [1.165, 1.54) is 12.1 Å². The Morgan fingerprint density at radius 1 is 1.35 bits per heavy atom. The molecule has 0 aromatic heterocycles. The van der Waals surface area contributed by atoms with Crippen molar-refractivity contribution >= 4 is 5.69 Å². The molecule has 1 saturated heterocycles. The molecule has 0 bridgehead atoms. The topological polar surface area (TPSA) is 29.3 Å². The Morgan fingerprint density at radius 3 is 2.71 bits per heavy atom. The number of benzene rings is 1. The fraction of sp³-hybridized carbons (Fsp3) is 0.500. The molecule has 1 fully saturated rings. The zero-order chi connectivity index (χ0) is 12.5. The van der Waals surface area contributed by atoms with E-state index in [4.69, 9.17) is 5.73 Å². The molecular formula is C12H15F3N2. The Bertz CT molecular complexity index is 390. The number of hydrogen-bond acceptors (Lipinski definition) is 2. The lowest BCUT2D eigenvalue weighted by molar-refractivity contribution is -0.137. The van der Waals surface area contributed by atoms with Gasteiger partial charge in [-0.2, -0.15) is 13.2 Å². The Labute approximate surface area is 98.2 Å². The highest BCUT2D eigenvalue weighted by Crippen LogP contribution is 2.32. The van der Waals surface area contributed by atoms with Crippen LogP contribution in [0.15, 0.2) is 24.3 Å². The second-order valence-corrected chi connectivity index (χ2v) is 4.38. The van der Waals surface area contributed by atoms with E-state index in [-0.39, 0.29) is 0 Å². The van der Waals surface area contributed by atoms with Gasteiger partial charge in [0.1, 0.15) is 0 Å². The normalized spacial score (nSPS) is 20.9. The van der Waals surface area contributed by atoms with Crippen molar-refractivity contribution in [2.45, 2.75) is 12.6 Å². The van der Waals surface area contributed by atoms with E-state index in [9.17, 15) is 13.2 Å². The average Bonchev–Trinajstić information content (AvgIpc) is 2.76. The minimum atomic E-state index is -4.27. The molecule has 0 saturated carbocycles. The highest BCUT2D eigenvalue weighted by Gasteiger charge is 2.31.